The molecule has 1 aliphatic heterocycles. The maximum Gasteiger partial charge on any atom is 0.260 e. The van der Waals surface area contributed by atoms with Crippen molar-refractivity contribution in [3.8, 4) is 0 Å². The number of hydrogen-bond acceptors (Lipinski definition) is 4. The van der Waals surface area contributed by atoms with Crippen molar-refractivity contribution in [2.75, 3.05) is 0 Å². The maximum absolute atomic E-state index is 14.3. The van der Waals surface area contributed by atoms with E-state index >= 15 is 0 Å². The third-order valence-corrected chi connectivity index (χ3v) is 4.91. The second-order valence-electron chi connectivity index (χ2n) is 7.10. The van der Waals surface area contributed by atoms with E-state index in [1.54, 1.807) is 6.92 Å². The first-order valence-corrected chi connectivity index (χ1v) is 7.63. The van der Waals surface area contributed by atoms with Gasteiger partial charge in [-0.25, -0.2) is 8.78 Å². The summed E-state index contributed by atoms with van der Waals surface area (Å²) in [4.78, 5) is 4.27. The van der Waals surface area contributed by atoms with Gasteiger partial charge >= 0.3 is 0 Å². The molecule has 3 rings (SSSR count). The SMILES string of the molecule is CC1(C)CCC(c2nc(C3(C)CCCCC3(F)F)no2)O1. The van der Waals surface area contributed by atoms with Gasteiger partial charge in [-0.05, 0) is 46.5 Å². The predicted molar refractivity (Wildman–Crippen MR) is 72.2 cm³/mol. The van der Waals surface area contributed by atoms with Crippen molar-refractivity contribution in [3.05, 3.63) is 11.7 Å². The minimum atomic E-state index is -2.79. The summed E-state index contributed by atoms with van der Waals surface area (Å²) in [6, 6.07) is 0. The summed E-state index contributed by atoms with van der Waals surface area (Å²) in [6.45, 7) is 5.54. The van der Waals surface area contributed by atoms with Gasteiger partial charge in [0.25, 0.3) is 11.8 Å². The summed E-state index contributed by atoms with van der Waals surface area (Å²) in [6.07, 6.45) is 2.99. The summed E-state index contributed by atoms with van der Waals surface area (Å²) in [5.74, 6) is -2.34. The molecule has 2 heterocycles. The molecular weight excluding hydrogens is 278 g/mol. The predicted octanol–water partition coefficient (Wildman–Crippen LogP) is 4.17. The second kappa shape index (κ2) is 4.73. The van der Waals surface area contributed by atoms with E-state index in [4.69, 9.17) is 9.26 Å². The van der Waals surface area contributed by atoms with Gasteiger partial charge in [0.1, 0.15) is 6.10 Å². The molecule has 1 saturated carbocycles. The summed E-state index contributed by atoms with van der Waals surface area (Å²) in [5, 5.41) is 3.85. The number of rotatable bonds is 2. The number of alkyl halides is 2. The van der Waals surface area contributed by atoms with Crippen LogP contribution in [0, 0.1) is 0 Å². The van der Waals surface area contributed by atoms with Crippen LogP contribution in [0.5, 0.6) is 0 Å². The highest BCUT2D eigenvalue weighted by atomic mass is 19.3. The lowest BCUT2D eigenvalue weighted by atomic mass is 9.72. The molecule has 6 heteroatoms. The van der Waals surface area contributed by atoms with Crippen LogP contribution in [0.15, 0.2) is 4.52 Å². The summed E-state index contributed by atoms with van der Waals surface area (Å²) >= 11 is 0. The first kappa shape index (κ1) is 14.9. The van der Waals surface area contributed by atoms with Crippen molar-refractivity contribution in [1.29, 1.82) is 0 Å². The van der Waals surface area contributed by atoms with Gasteiger partial charge in [-0.15, -0.1) is 0 Å². The second-order valence-corrected chi connectivity index (χ2v) is 7.10. The highest BCUT2D eigenvalue weighted by Crippen LogP contribution is 2.49. The Morgan fingerprint density at radius 2 is 1.81 bits per heavy atom. The molecule has 2 atom stereocenters. The molecule has 0 amide bonds. The Labute approximate surface area is 123 Å². The fourth-order valence-corrected chi connectivity index (χ4v) is 3.31. The molecule has 2 fully saturated rings. The molecule has 1 aromatic rings. The van der Waals surface area contributed by atoms with Gasteiger partial charge in [-0.2, -0.15) is 4.98 Å². The molecule has 1 saturated heterocycles. The molecule has 0 radical (unpaired) electrons. The van der Waals surface area contributed by atoms with E-state index in [2.05, 4.69) is 10.1 Å². The quantitative estimate of drug-likeness (QED) is 0.822. The van der Waals surface area contributed by atoms with Crippen LogP contribution in [0.1, 0.15) is 77.1 Å². The van der Waals surface area contributed by atoms with Gasteiger partial charge in [0.15, 0.2) is 5.82 Å². The highest BCUT2D eigenvalue weighted by Gasteiger charge is 2.55. The Kier molecular flexibility index (Phi) is 3.35. The minimum absolute atomic E-state index is 0.111. The van der Waals surface area contributed by atoms with Crippen LogP contribution in [0.4, 0.5) is 8.78 Å². The van der Waals surface area contributed by atoms with Crippen LogP contribution in [-0.2, 0) is 10.2 Å². The van der Waals surface area contributed by atoms with Gasteiger partial charge in [0.05, 0.1) is 11.0 Å². The van der Waals surface area contributed by atoms with Crippen molar-refractivity contribution in [2.24, 2.45) is 0 Å². The Hall–Kier alpha value is -1.04. The first-order valence-electron chi connectivity index (χ1n) is 7.63. The Balaban J connectivity index is 1.85. The summed E-state index contributed by atoms with van der Waals surface area (Å²) in [5.41, 5.74) is -1.56. The average molecular weight is 300 g/mol. The van der Waals surface area contributed by atoms with Crippen LogP contribution >= 0.6 is 0 Å². The average Bonchev–Trinajstić information content (AvgIpc) is 2.99. The molecule has 21 heavy (non-hydrogen) atoms. The lowest BCUT2D eigenvalue weighted by Crippen LogP contribution is -2.46. The maximum atomic E-state index is 14.3. The van der Waals surface area contributed by atoms with Gasteiger partial charge in [0, 0.05) is 6.42 Å². The van der Waals surface area contributed by atoms with Crippen molar-refractivity contribution < 1.29 is 18.0 Å². The molecule has 4 nitrogen and oxygen atoms in total. The third kappa shape index (κ3) is 2.47. The zero-order valence-corrected chi connectivity index (χ0v) is 12.8. The van der Waals surface area contributed by atoms with Crippen LogP contribution in [0.2, 0.25) is 0 Å². The van der Waals surface area contributed by atoms with Gasteiger partial charge in [-0.3, -0.25) is 0 Å². The molecule has 0 spiro atoms. The number of halogens is 2. The molecular formula is C15H22F2N2O2. The molecule has 1 aliphatic carbocycles. The normalized spacial score (nSPS) is 35.0. The molecule has 0 aromatic carbocycles. The van der Waals surface area contributed by atoms with E-state index in [0.29, 0.717) is 18.7 Å². The van der Waals surface area contributed by atoms with Gasteiger partial charge in [-0.1, -0.05) is 11.6 Å². The lowest BCUT2D eigenvalue weighted by molar-refractivity contribution is -0.104. The Morgan fingerprint density at radius 3 is 2.43 bits per heavy atom. The highest BCUT2D eigenvalue weighted by molar-refractivity contribution is 5.14. The topological polar surface area (TPSA) is 48.2 Å². The Bertz CT molecular complexity index is 529. The molecule has 2 unspecified atom stereocenters. The lowest BCUT2D eigenvalue weighted by Gasteiger charge is -2.38. The fourth-order valence-electron chi connectivity index (χ4n) is 3.31. The zero-order chi connectivity index (χ0) is 15.3. The number of hydrogen-bond donors (Lipinski definition) is 0. The summed E-state index contributed by atoms with van der Waals surface area (Å²) in [7, 11) is 0. The van der Waals surface area contributed by atoms with Crippen LogP contribution in [-0.4, -0.2) is 21.7 Å². The van der Waals surface area contributed by atoms with E-state index in [0.717, 1.165) is 19.3 Å². The van der Waals surface area contributed by atoms with Crippen molar-refractivity contribution >= 4 is 0 Å². The zero-order valence-electron chi connectivity index (χ0n) is 12.8. The fraction of sp³-hybridized carbons (Fsp3) is 0.867. The standard InChI is InChI=1S/C15H22F2N2O2/c1-13(2)9-6-10(20-13)11-18-12(19-21-11)14(3)7-4-5-8-15(14,16)17/h10H,4-9H2,1-3H3. The summed E-state index contributed by atoms with van der Waals surface area (Å²) < 4.78 is 39.7. The number of aromatic nitrogens is 2. The number of ether oxygens (including phenoxy) is 1. The first-order chi connectivity index (χ1) is 9.74. The van der Waals surface area contributed by atoms with E-state index in [9.17, 15) is 8.78 Å². The molecule has 0 bridgehead atoms. The van der Waals surface area contributed by atoms with Crippen molar-refractivity contribution in [3.63, 3.8) is 0 Å². The van der Waals surface area contributed by atoms with Crippen molar-refractivity contribution in [2.45, 2.75) is 82.3 Å². The Morgan fingerprint density at radius 1 is 1.10 bits per heavy atom. The van der Waals surface area contributed by atoms with Gasteiger partial charge < -0.3 is 9.26 Å². The van der Waals surface area contributed by atoms with E-state index in [1.165, 1.54) is 0 Å². The molecule has 2 aliphatic rings. The van der Waals surface area contributed by atoms with E-state index < -0.39 is 11.3 Å². The van der Waals surface area contributed by atoms with E-state index in [1.807, 2.05) is 13.8 Å². The smallest absolute Gasteiger partial charge is 0.260 e. The minimum Gasteiger partial charge on any atom is -0.363 e. The largest absolute Gasteiger partial charge is 0.363 e. The molecule has 118 valence electrons. The number of nitrogens with zero attached hydrogens (tertiary/aromatic N) is 2. The molecule has 1 aromatic heterocycles. The third-order valence-electron chi connectivity index (χ3n) is 4.91. The van der Waals surface area contributed by atoms with Crippen LogP contribution in [0.3, 0.4) is 0 Å². The van der Waals surface area contributed by atoms with Gasteiger partial charge in [0.2, 0.25) is 0 Å². The van der Waals surface area contributed by atoms with Crippen molar-refractivity contribution in [1.82, 2.24) is 10.1 Å². The van der Waals surface area contributed by atoms with E-state index in [-0.39, 0.29) is 24.0 Å². The monoisotopic (exact) mass is 300 g/mol. The molecule has 0 N–H and O–H groups in total. The van der Waals surface area contributed by atoms with Crippen LogP contribution < -0.4 is 0 Å². The van der Waals surface area contributed by atoms with Crippen LogP contribution in [0.25, 0.3) is 0 Å².